The van der Waals surface area contributed by atoms with Crippen molar-refractivity contribution in [1.82, 2.24) is 14.5 Å². The summed E-state index contributed by atoms with van der Waals surface area (Å²) in [5, 5.41) is 3.41. The highest BCUT2D eigenvalue weighted by molar-refractivity contribution is 5.96. The fourth-order valence-electron chi connectivity index (χ4n) is 4.43. The van der Waals surface area contributed by atoms with Crippen LogP contribution in [-0.2, 0) is 19.4 Å². The maximum atomic E-state index is 12.9. The summed E-state index contributed by atoms with van der Waals surface area (Å²) in [6.45, 7) is 0.404. The third kappa shape index (κ3) is 4.28. The second-order valence-electron chi connectivity index (χ2n) is 8.42. The number of aryl methyl sites for hydroxylation is 2. The van der Waals surface area contributed by atoms with Gasteiger partial charge in [0.1, 0.15) is 17.1 Å². The molecule has 4 aromatic rings. The molecule has 2 aromatic carbocycles. The number of ether oxygens (including phenoxy) is 2. The van der Waals surface area contributed by atoms with Crippen LogP contribution in [-0.4, -0.2) is 34.7 Å². The summed E-state index contributed by atoms with van der Waals surface area (Å²) in [6.07, 6.45) is 6.05. The molecule has 0 atom stereocenters. The molecule has 1 aliphatic carbocycles. The fourth-order valence-corrected chi connectivity index (χ4v) is 4.43. The number of fused-ring (bicyclic) bond motifs is 2. The molecule has 1 aliphatic rings. The summed E-state index contributed by atoms with van der Waals surface area (Å²) in [4.78, 5) is 33.9. The van der Waals surface area contributed by atoms with Gasteiger partial charge in [0.15, 0.2) is 5.65 Å². The Morgan fingerprint density at radius 2 is 1.83 bits per heavy atom. The number of nitrogens with two attached hydrogens (primary N) is 1. The molecule has 9 heteroatoms. The number of nitrogens with one attached hydrogen (secondary N) is 1. The lowest BCUT2D eigenvalue weighted by molar-refractivity contribution is 0.0999. The van der Waals surface area contributed by atoms with E-state index in [2.05, 4.69) is 27.4 Å². The zero-order chi connectivity index (χ0) is 24.5. The van der Waals surface area contributed by atoms with Crippen molar-refractivity contribution in [2.24, 2.45) is 5.73 Å². The van der Waals surface area contributed by atoms with Crippen LogP contribution in [0.15, 0.2) is 53.6 Å². The number of amides is 1. The first-order chi connectivity index (χ1) is 17.0. The van der Waals surface area contributed by atoms with Crippen LogP contribution in [0.2, 0.25) is 0 Å². The molecule has 2 heterocycles. The predicted molar refractivity (Wildman–Crippen MR) is 133 cm³/mol. The molecule has 3 N–H and O–H groups in total. The van der Waals surface area contributed by atoms with E-state index in [-0.39, 0.29) is 10.9 Å². The second kappa shape index (κ2) is 9.09. The minimum Gasteiger partial charge on any atom is -0.497 e. The van der Waals surface area contributed by atoms with E-state index >= 15 is 0 Å². The van der Waals surface area contributed by atoms with Crippen molar-refractivity contribution in [2.75, 3.05) is 19.5 Å². The molecule has 0 fully saturated rings. The van der Waals surface area contributed by atoms with Gasteiger partial charge >= 0.3 is 0 Å². The van der Waals surface area contributed by atoms with Crippen molar-refractivity contribution in [3.63, 3.8) is 0 Å². The number of anilines is 1. The first kappa shape index (κ1) is 22.4. The van der Waals surface area contributed by atoms with Crippen LogP contribution >= 0.6 is 0 Å². The number of hydrogen-bond acceptors (Lipinski definition) is 7. The number of primary amides is 1. The molecule has 35 heavy (non-hydrogen) atoms. The SMILES string of the molecule is COc1cc(CNc2ncc3c(=O)c(C(N)=O)cn(-c4ccc5c(c4)CCC5)c3n2)cc(OC)c1. The number of pyridine rings is 1. The largest absolute Gasteiger partial charge is 0.497 e. The molecule has 1 amide bonds. The number of methoxy groups -OCH3 is 2. The van der Waals surface area contributed by atoms with E-state index in [1.54, 1.807) is 24.9 Å². The highest BCUT2D eigenvalue weighted by Gasteiger charge is 2.18. The minimum atomic E-state index is -0.791. The normalized spacial score (nSPS) is 12.4. The van der Waals surface area contributed by atoms with Crippen molar-refractivity contribution in [1.29, 1.82) is 0 Å². The number of carbonyl (C=O) groups excluding carboxylic acids is 1. The van der Waals surface area contributed by atoms with Crippen LogP contribution in [0, 0.1) is 0 Å². The Bertz CT molecular complexity index is 1490. The number of aromatic nitrogens is 3. The Hall–Kier alpha value is -4.40. The quantitative estimate of drug-likeness (QED) is 0.425. The monoisotopic (exact) mass is 471 g/mol. The van der Waals surface area contributed by atoms with E-state index in [4.69, 9.17) is 15.2 Å². The van der Waals surface area contributed by atoms with Crippen LogP contribution in [0.4, 0.5) is 5.95 Å². The van der Waals surface area contributed by atoms with E-state index in [0.29, 0.717) is 29.6 Å². The molecule has 0 bridgehead atoms. The summed E-state index contributed by atoms with van der Waals surface area (Å²) in [5.74, 6) is 0.886. The van der Waals surface area contributed by atoms with Crippen molar-refractivity contribution < 1.29 is 14.3 Å². The number of benzene rings is 2. The summed E-state index contributed by atoms with van der Waals surface area (Å²) in [6, 6.07) is 11.7. The maximum Gasteiger partial charge on any atom is 0.254 e. The molecular weight excluding hydrogens is 446 g/mol. The van der Waals surface area contributed by atoms with Gasteiger partial charge in [-0.15, -0.1) is 0 Å². The van der Waals surface area contributed by atoms with E-state index in [1.165, 1.54) is 23.5 Å². The first-order valence-corrected chi connectivity index (χ1v) is 11.3. The van der Waals surface area contributed by atoms with Crippen molar-refractivity contribution in [3.8, 4) is 17.2 Å². The highest BCUT2D eigenvalue weighted by Crippen LogP contribution is 2.26. The van der Waals surface area contributed by atoms with Gasteiger partial charge in [-0.3, -0.25) is 9.59 Å². The van der Waals surface area contributed by atoms with Crippen molar-refractivity contribution in [2.45, 2.75) is 25.8 Å². The number of carbonyl (C=O) groups is 1. The number of hydrogen-bond donors (Lipinski definition) is 2. The van der Waals surface area contributed by atoms with Gasteiger partial charge < -0.3 is 25.1 Å². The van der Waals surface area contributed by atoms with Crippen LogP contribution < -0.4 is 26.0 Å². The molecule has 0 radical (unpaired) electrons. The minimum absolute atomic E-state index is 0.106. The zero-order valence-corrected chi connectivity index (χ0v) is 19.5. The average Bonchev–Trinajstić information content (AvgIpc) is 3.35. The molecule has 5 rings (SSSR count). The van der Waals surface area contributed by atoms with E-state index in [9.17, 15) is 9.59 Å². The number of rotatable bonds is 7. The number of nitrogens with zero attached hydrogens (tertiary/aromatic N) is 3. The highest BCUT2D eigenvalue weighted by atomic mass is 16.5. The molecule has 0 spiro atoms. The van der Waals surface area contributed by atoms with Gasteiger partial charge in [-0.05, 0) is 60.2 Å². The third-order valence-corrected chi connectivity index (χ3v) is 6.23. The zero-order valence-electron chi connectivity index (χ0n) is 19.5. The standard InChI is InChI=1S/C26H25N5O4/c1-34-19-8-15(9-20(11-19)35-2)12-28-26-29-13-21-23(32)22(24(27)33)14-31(25(21)30-26)18-7-6-16-4-3-5-17(16)10-18/h6-11,13-14H,3-5,12H2,1-2H3,(H2,27,33)(H,28,29,30). The van der Waals surface area contributed by atoms with Gasteiger partial charge in [-0.25, -0.2) is 4.98 Å². The van der Waals surface area contributed by atoms with Gasteiger partial charge in [0.25, 0.3) is 5.91 Å². The molecule has 2 aromatic heterocycles. The van der Waals surface area contributed by atoms with Gasteiger partial charge in [0.2, 0.25) is 11.4 Å². The molecule has 0 aliphatic heterocycles. The Labute approximate surface area is 201 Å². The van der Waals surface area contributed by atoms with E-state index < -0.39 is 11.3 Å². The van der Waals surface area contributed by atoms with Gasteiger partial charge in [0, 0.05) is 30.7 Å². The van der Waals surface area contributed by atoms with Gasteiger partial charge in [-0.1, -0.05) is 6.07 Å². The second-order valence-corrected chi connectivity index (χ2v) is 8.42. The third-order valence-electron chi connectivity index (χ3n) is 6.23. The Balaban J connectivity index is 1.57. The van der Waals surface area contributed by atoms with Crippen LogP contribution in [0.5, 0.6) is 11.5 Å². The fraction of sp³-hybridized carbons (Fsp3) is 0.231. The lowest BCUT2D eigenvalue weighted by Gasteiger charge is -2.14. The summed E-state index contributed by atoms with van der Waals surface area (Å²) >= 11 is 0. The topological polar surface area (TPSA) is 121 Å². The molecule has 0 saturated carbocycles. The Kier molecular flexibility index (Phi) is 5.82. The summed E-state index contributed by atoms with van der Waals surface area (Å²) < 4.78 is 12.4. The summed E-state index contributed by atoms with van der Waals surface area (Å²) in [7, 11) is 3.19. The van der Waals surface area contributed by atoms with E-state index in [0.717, 1.165) is 30.5 Å². The van der Waals surface area contributed by atoms with Gasteiger partial charge in [-0.2, -0.15) is 4.98 Å². The van der Waals surface area contributed by atoms with Crippen LogP contribution in [0.25, 0.3) is 16.7 Å². The lowest BCUT2D eigenvalue weighted by atomic mass is 10.1. The predicted octanol–water partition coefficient (Wildman–Crippen LogP) is 3.00. The molecular formula is C26H25N5O4. The summed E-state index contributed by atoms with van der Waals surface area (Å²) in [5.41, 5.74) is 9.59. The lowest BCUT2D eigenvalue weighted by Crippen LogP contribution is -2.24. The first-order valence-electron chi connectivity index (χ1n) is 11.3. The van der Waals surface area contributed by atoms with Gasteiger partial charge in [0.05, 0.1) is 19.6 Å². The van der Waals surface area contributed by atoms with Crippen molar-refractivity contribution >= 4 is 22.9 Å². The average molecular weight is 472 g/mol. The smallest absolute Gasteiger partial charge is 0.254 e. The van der Waals surface area contributed by atoms with E-state index in [1.807, 2.05) is 18.2 Å². The van der Waals surface area contributed by atoms with Crippen LogP contribution in [0.3, 0.4) is 0 Å². The molecule has 178 valence electrons. The molecule has 9 nitrogen and oxygen atoms in total. The van der Waals surface area contributed by atoms with Crippen molar-refractivity contribution in [3.05, 3.63) is 81.3 Å². The van der Waals surface area contributed by atoms with Crippen LogP contribution in [0.1, 0.15) is 33.5 Å². The molecule has 0 saturated heterocycles. The molecule has 0 unspecified atom stereocenters. The maximum absolute atomic E-state index is 12.9. The Morgan fingerprint density at radius 3 is 2.54 bits per heavy atom. The Morgan fingerprint density at radius 1 is 1.09 bits per heavy atom.